The maximum atomic E-state index is 5.40. The molecule has 3 rings (SSSR count). The molecule has 2 aliphatic heterocycles. The van der Waals surface area contributed by atoms with Gasteiger partial charge in [-0.3, -0.25) is 0 Å². The highest BCUT2D eigenvalue weighted by Gasteiger charge is 2.22. The van der Waals surface area contributed by atoms with Crippen molar-refractivity contribution in [1.82, 2.24) is 4.90 Å². The summed E-state index contributed by atoms with van der Waals surface area (Å²) in [5, 5.41) is 1.24. The summed E-state index contributed by atoms with van der Waals surface area (Å²) in [5.41, 5.74) is 3.02. The number of ether oxygens (including phenoxy) is 1. The average Bonchev–Trinajstić information content (AvgIpc) is 2.64. The van der Waals surface area contributed by atoms with Gasteiger partial charge in [-0.2, -0.15) is 0 Å². The molecule has 0 bridgehead atoms. The van der Waals surface area contributed by atoms with Crippen molar-refractivity contribution in [2.45, 2.75) is 32.1 Å². The molecule has 0 spiro atoms. The summed E-state index contributed by atoms with van der Waals surface area (Å²) in [4.78, 5) is 7.31. The molecule has 0 aromatic rings. The summed E-state index contributed by atoms with van der Waals surface area (Å²) in [7, 11) is 0. The van der Waals surface area contributed by atoms with E-state index in [4.69, 9.17) is 9.73 Å². The highest BCUT2D eigenvalue weighted by molar-refractivity contribution is 8.14. The van der Waals surface area contributed by atoms with E-state index < -0.39 is 0 Å². The highest BCUT2D eigenvalue weighted by atomic mass is 32.2. The minimum Gasteiger partial charge on any atom is -0.378 e. The average molecular weight is 252 g/mol. The lowest BCUT2D eigenvalue weighted by molar-refractivity contribution is 0.0693. The van der Waals surface area contributed by atoms with E-state index in [9.17, 15) is 0 Å². The third-order valence-electron chi connectivity index (χ3n) is 3.69. The van der Waals surface area contributed by atoms with Crippen LogP contribution in [0.25, 0.3) is 0 Å². The predicted molar refractivity (Wildman–Crippen MR) is 72.4 cm³/mol. The molecular formula is C13H20N2OS. The Morgan fingerprint density at radius 3 is 2.76 bits per heavy atom. The first-order chi connectivity index (χ1) is 8.43. The van der Waals surface area contributed by atoms with Crippen molar-refractivity contribution in [3.8, 4) is 0 Å². The molecule has 0 aromatic heterocycles. The van der Waals surface area contributed by atoms with Crippen LogP contribution in [-0.4, -0.2) is 42.1 Å². The van der Waals surface area contributed by atoms with E-state index in [1.165, 1.54) is 48.7 Å². The summed E-state index contributed by atoms with van der Waals surface area (Å²) >= 11 is 1.93. The minimum absolute atomic E-state index is 0.853. The van der Waals surface area contributed by atoms with E-state index in [0.717, 1.165) is 26.3 Å². The normalized spacial score (nSPS) is 26.4. The quantitative estimate of drug-likeness (QED) is 0.662. The van der Waals surface area contributed by atoms with Crippen LogP contribution >= 0.6 is 11.8 Å². The van der Waals surface area contributed by atoms with Gasteiger partial charge in [0.15, 0.2) is 5.17 Å². The van der Waals surface area contributed by atoms with Crippen molar-refractivity contribution >= 4 is 16.9 Å². The molecule has 3 aliphatic rings. The summed E-state index contributed by atoms with van der Waals surface area (Å²) in [5.74, 6) is 1.17. The summed E-state index contributed by atoms with van der Waals surface area (Å²) < 4.78 is 5.40. The first-order valence-corrected chi connectivity index (χ1v) is 7.67. The largest absolute Gasteiger partial charge is 0.378 e. The van der Waals surface area contributed by atoms with E-state index in [1.54, 1.807) is 5.57 Å². The SMILES string of the molecule is C1CCC2=C(CC1)N=C(N1CCOCC1)SC2. The lowest BCUT2D eigenvalue weighted by Gasteiger charge is -2.31. The second-order valence-electron chi connectivity index (χ2n) is 4.89. The van der Waals surface area contributed by atoms with Crippen LogP contribution in [0.4, 0.5) is 0 Å². The molecule has 4 heteroatoms. The van der Waals surface area contributed by atoms with E-state index in [1.807, 2.05) is 11.8 Å². The Labute approximate surface area is 107 Å². The Morgan fingerprint density at radius 2 is 1.88 bits per heavy atom. The molecule has 17 heavy (non-hydrogen) atoms. The number of rotatable bonds is 0. The van der Waals surface area contributed by atoms with Gasteiger partial charge in [0, 0.05) is 24.5 Å². The van der Waals surface area contributed by atoms with Gasteiger partial charge in [0.05, 0.1) is 13.2 Å². The third kappa shape index (κ3) is 2.68. The van der Waals surface area contributed by atoms with Crippen LogP contribution in [0, 0.1) is 0 Å². The third-order valence-corrected chi connectivity index (χ3v) is 4.79. The molecule has 0 aromatic carbocycles. The zero-order chi connectivity index (χ0) is 11.5. The highest BCUT2D eigenvalue weighted by Crippen LogP contribution is 2.32. The van der Waals surface area contributed by atoms with Crippen LogP contribution in [0.15, 0.2) is 16.3 Å². The number of hydrogen-bond donors (Lipinski definition) is 0. The number of hydrogen-bond acceptors (Lipinski definition) is 4. The summed E-state index contributed by atoms with van der Waals surface area (Å²) in [6, 6.07) is 0. The van der Waals surface area contributed by atoms with Gasteiger partial charge in [-0.25, -0.2) is 4.99 Å². The minimum atomic E-state index is 0.853. The number of nitrogens with zero attached hydrogens (tertiary/aromatic N) is 2. The Kier molecular flexibility index (Phi) is 3.71. The number of aliphatic imine (C=N–C) groups is 1. The van der Waals surface area contributed by atoms with E-state index in [2.05, 4.69) is 4.90 Å². The van der Waals surface area contributed by atoms with Gasteiger partial charge in [-0.15, -0.1) is 0 Å². The van der Waals surface area contributed by atoms with Gasteiger partial charge in [0.2, 0.25) is 0 Å². The van der Waals surface area contributed by atoms with Gasteiger partial charge < -0.3 is 9.64 Å². The van der Waals surface area contributed by atoms with Crippen LogP contribution in [0.1, 0.15) is 32.1 Å². The molecule has 0 amide bonds. The maximum absolute atomic E-state index is 5.40. The van der Waals surface area contributed by atoms with Crippen molar-refractivity contribution in [3.05, 3.63) is 11.3 Å². The monoisotopic (exact) mass is 252 g/mol. The van der Waals surface area contributed by atoms with Crippen molar-refractivity contribution in [1.29, 1.82) is 0 Å². The molecule has 2 heterocycles. The van der Waals surface area contributed by atoms with Gasteiger partial charge in [-0.05, 0) is 31.3 Å². The molecule has 1 fully saturated rings. The molecule has 94 valence electrons. The lowest BCUT2D eigenvalue weighted by atomic mass is 10.1. The Hall–Kier alpha value is -0.480. The molecule has 0 saturated carbocycles. The van der Waals surface area contributed by atoms with Crippen molar-refractivity contribution in [2.24, 2.45) is 4.99 Å². The van der Waals surface area contributed by atoms with E-state index in [-0.39, 0.29) is 0 Å². The number of allylic oxidation sites excluding steroid dienone is 1. The Bertz CT molecular complexity index is 345. The zero-order valence-corrected chi connectivity index (χ0v) is 11.1. The smallest absolute Gasteiger partial charge is 0.164 e. The number of amidine groups is 1. The van der Waals surface area contributed by atoms with Crippen molar-refractivity contribution in [3.63, 3.8) is 0 Å². The molecule has 1 saturated heterocycles. The first kappa shape index (κ1) is 11.6. The molecular weight excluding hydrogens is 232 g/mol. The van der Waals surface area contributed by atoms with Crippen LogP contribution in [0.5, 0.6) is 0 Å². The fourth-order valence-corrected chi connectivity index (χ4v) is 3.79. The fraction of sp³-hybridized carbons (Fsp3) is 0.769. The maximum Gasteiger partial charge on any atom is 0.164 e. The first-order valence-electron chi connectivity index (χ1n) is 6.68. The summed E-state index contributed by atoms with van der Waals surface area (Å²) in [6.07, 6.45) is 6.54. The zero-order valence-electron chi connectivity index (χ0n) is 10.3. The van der Waals surface area contributed by atoms with Crippen molar-refractivity contribution < 1.29 is 4.74 Å². The predicted octanol–water partition coefficient (Wildman–Crippen LogP) is 2.64. The van der Waals surface area contributed by atoms with E-state index in [0.29, 0.717) is 0 Å². The number of morpholine rings is 1. The Morgan fingerprint density at radius 1 is 1.06 bits per heavy atom. The molecule has 0 radical (unpaired) electrons. The van der Waals surface area contributed by atoms with Gasteiger partial charge in [-0.1, -0.05) is 18.2 Å². The van der Waals surface area contributed by atoms with Gasteiger partial charge in [0.1, 0.15) is 0 Å². The van der Waals surface area contributed by atoms with Crippen LogP contribution in [-0.2, 0) is 4.74 Å². The summed E-state index contributed by atoms with van der Waals surface area (Å²) in [6.45, 7) is 3.72. The van der Waals surface area contributed by atoms with Crippen molar-refractivity contribution in [2.75, 3.05) is 32.1 Å². The van der Waals surface area contributed by atoms with Crippen LogP contribution in [0.2, 0.25) is 0 Å². The van der Waals surface area contributed by atoms with Gasteiger partial charge >= 0.3 is 0 Å². The Balaban J connectivity index is 1.75. The van der Waals surface area contributed by atoms with Gasteiger partial charge in [0.25, 0.3) is 0 Å². The van der Waals surface area contributed by atoms with E-state index >= 15 is 0 Å². The van der Waals surface area contributed by atoms with Crippen LogP contribution < -0.4 is 0 Å². The van der Waals surface area contributed by atoms with Crippen LogP contribution in [0.3, 0.4) is 0 Å². The molecule has 1 aliphatic carbocycles. The molecule has 0 unspecified atom stereocenters. The standard InChI is InChI=1S/C13H20N2OS/c1-2-4-11-10-17-13(14-12(11)5-3-1)15-6-8-16-9-7-15/h1-10H2. The molecule has 0 N–H and O–H groups in total. The topological polar surface area (TPSA) is 24.8 Å². The number of thioether (sulfide) groups is 1. The lowest BCUT2D eigenvalue weighted by Crippen LogP contribution is -2.40. The second-order valence-corrected chi connectivity index (χ2v) is 5.84. The fourth-order valence-electron chi connectivity index (χ4n) is 2.64. The molecule has 0 atom stereocenters. The second kappa shape index (κ2) is 5.44. The molecule has 3 nitrogen and oxygen atoms in total.